The molecular weight excluding hydrogens is 302 g/mol. The van der Waals surface area contributed by atoms with E-state index in [-0.39, 0.29) is 30.8 Å². The molecule has 2 rings (SSSR count). The van der Waals surface area contributed by atoms with E-state index in [1.807, 2.05) is 30.3 Å². The van der Waals surface area contributed by atoms with Crippen LogP contribution in [0.4, 0.5) is 5.69 Å². The van der Waals surface area contributed by atoms with Crippen LogP contribution in [0.25, 0.3) is 0 Å². The maximum absolute atomic E-state index is 12.1. The lowest BCUT2D eigenvalue weighted by molar-refractivity contribution is -0.134. The van der Waals surface area contributed by atoms with E-state index in [2.05, 4.69) is 10.6 Å². The number of nitrogens with zero attached hydrogens (tertiary/aromatic N) is 1. The minimum Gasteiger partial charge on any atom is -0.336 e. The van der Waals surface area contributed by atoms with E-state index in [0.717, 1.165) is 31.6 Å². The van der Waals surface area contributed by atoms with Crippen LogP contribution in [0.15, 0.2) is 30.3 Å². The maximum atomic E-state index is 12.1. The minimum atomic E-state index is -0.164. The van der Waals surface area contributed by atoms with Crippen molar-refractivity contribution in [2.75, 3.05) is 32.0 Å². The minimum absolute atomic E-state index is 0. The molecule has 0 unspecified atom stereocenters. The Labute approximate surface area is 137 Å². The first kappa shape index (κ1) is 18.5. The fraction of sp³-hybridized carbons (Fsp3) is 0.500. The molecule has 22 heavy (non-hydrogen) atoms. The van der Waals surface area contributed by atoms with Crippen molar-refractivity contribution < 1.29 is 9.59 Å². The van der Waals surface area contributed by atoms with Crippen molar-refractivity contribution >= 4 is 29.9 Å². The van der Waals surface area contributed by atoms with E-state index >= 15 is 0 Å². The summed E-state index contributed by atoms with van der Waals surface area (Å²) in [5.74, 6) is 0.325. The van der Waals surface area contributed by atoms with E-state index in [4.69, 9.17) is 0 Å². The molecule has 5 nitrogen and oxygen atoms in total. The van der Waals surface area contributed by atoms with Crippen molar-refractivity contribution in [3.05, 3.63) is 30.3 Å². The SMILES string of the molecule is CN(CC(=O)Nc1ccccc1)C(=O)CC1CCNCC1.Cl. The van der Waals surface area contributed by atoms with Crippen LogP contribution in [0, 0.1) is 5.92 Å². The van der Waals surface area contributed by atoms with Gasteiger partial charge in [-0.05, 0) is 44.0 Å². The first-order valence-electron chi connectivity index (χ1n) is 7.44. The lowest BCUT2D eigenvalue weighted by atomic mass is 9.94. The van der Waals surface area contributed by atoms with Gasteiger partial charge in [-0.25, -0.2) is 0 Å². The third kappa shape index (κ3) is 6.03. The van der Waals surface area contributed by atoms with Gasteiger partial charge in [0.15, 0.2) is 0 Å². The average molecular weight is 326 g/mol. The zero-order valence-corrected chi connectivity index (χ0v) is 13.7. The van der Waals surface area contributed by atoms with Gasteiger partial charge in [-0.3, -0.25) is 9.59 Å². The highest BCUT2D eigenvalue weighted by molar-refractivity contribution is 5.94. The number of benzene rings is 1. The monoisotopic (exact) mass is 325 g/mol. The summed E-state index contributed by atoms with van der Waals surface area (Å²) in [5, 5.41) is 6.08. The van der Waals surface area contributed by atoms with Crippen LogP contribution in [0.2, 0.25) is 0 Å². The molecule has 1 saturated heterocycles. The van der Waals surface area contributed by atoms with Crippen LogP contribution < -0.4 is 10.6 Å². The van der Waals surface area contributed by atoms with Crippen molar-refractivity contribution in [3.63, 3.8) is 0 Å². The van der Waals surface area contributed by atoms with E-state index in [9.17, 15) is 9.59 Å². The Morgan fingerprint density at radius 2 is 1.86 bits per heavy atom. The summed E-state index contributed by atoms with van der Waals surface area (Å²) >= 11 is 0. The Hall–Kier alpha value is -1.59. The number of hydrogen-bond acceptors (Lipinski definition) is 3. The molecule has 0 saturated carbocycles. The molecule has 0 aliphatic carbocycles. The third-order valence-electron chi connectivity index (χ3n) is 3.79. The number of halogens is 1. The molecule has 122 valence electrons. The van der Waals surface area contributed by atoms with Crippen LogP contribution >= 0.6 is 12.4 Å². The average Bonchev–Trinajstić information content (AvgIpc) is 2.49. The highest BCUT2D eigenvalue weighted by Gasteiger charge is 2.20. The molecule has 0 radical (unpaired) electrons. The molecule has 1 aliphatic heterocycles. The zero-order chi connectivity index (χ0) is 15.1. The van der Waals surface area contributed by atoms with E-state index < -0.39 is 0 Å². The molecule has 6 heteroatoms. The largest absolute Gasteiger partial charge is 0.336 e. The number of para-hydroxylation sites is 1. The van der Waals surface area contributed by atoms with Gasteiger partial charge in [0.1, 0.15) is 0 Å². The van der Waals surface area contributed by atoms with Gasteiger partial charge in [0.2, 0.25) is 11.8 Å². The smallest absolute Gasteiger partial charge is 0.243 e. The van der Waals surface area contributed by atoms with E-state index in [0.29, 0.717) is 12.3 Å². The predicted molar refractivity (Wildman–Crippen MR) is 90.2 cm³/mol. The van der Waals surface area contributed by atoms with Gasteiger partial charge in [-0.15, -0.1) is 12.4 Å². The Kier molecular flexibility index (Phi) is 7.91. The summed E-state index contributed by atoms with van der Waals surface area (Å²) in [5.41, 5.74) is 0.752. The summed E-state index contributed by atoms with van der Waals surface area (Å²) in [4.78, 5) is 25.5. The number of rotatable bonds is 5. The third-order valence-corrected chi connectivity index (χ3v) is 3.79. The van der Waals surface area contributed by atoms with E-state index in [1.54, 1.807) is 7.05 Å². The summed E-state index contributed by atoms with van der Waals surface area (Å²) in [6.45, 7) is 2.06. The van der Waals surface area contributed by atoms with Gasteiger partial charge in [-0.1, -0.05) is 18.2 Å². The Morgan fingerprint density at radius 1 is 1.23 bits per heavy atom. The molecule has 0 aromatic heterocycles. The number of amides is 2. The second-order valence-corrected chi connectivity index (χ2v) is 5.56. The molecule has 0 spiro atoms. The fourth-order valence-electron chi connectivity index (χ4n) is 2.51. The number of carbonyl (C=O) groups is 2. The normalized spacial score (nSPS) is 14.8. The molecule has 2 amide bonds. The van der Waals surface area contributed by atoms with Gasteiger partial charge in [-0.2, -0.15) is 0 Å². The van der Waals surface area contributed by atoms with Crippen LogP contribution in [-0.4, -0.2) is 43.4 Å². The molecule has 1 fully saturated rings. The van der Waals surface area contributed by atoms with Crippen LogP contribution in [0.5, 0.6) is 0 Å². The summed E-state index contributed by atoms with van der Waals surface area (Å²) in [6.07, 6.45) is 2.61. The fourth-order valence-corrected chi connectivity index (χ4v) is 2.51. The lowest BCUT2D eigenvalue weighted by Crippen LogP contribution is -2.37. The van der Waals surface area contributed by atoms with Gasteiger partial charge in [0, 0.05) is 19.2 Å². The quantitative estimate of drug-likeness (QED) is 0.869. The van der Waals surface area contributed by atoms with Crippen LogP contribution in [0.3, 0.4) is 0 Å². The highest BCUT2D eigenvalue weighted by Crippen LogP contribution is 2.16. The molecular formula is C16H24ClN3O2. The maximum Gasteiger partial charge on any atom is 0.243 e. The number of hydrogen-bond donors (Lipinski definition) is 2. The summed E-state index contributed by atoms with van der Waals surface area (Å²) in [6, 6.07) is 9.27. The highest BCUT2D eigenvalue weighted by atomic mass is 35.5. The number of piperidine rings is 1. The van der Waals surface area contributed by atoms with Crippen molar-refractivity contribution in [2.24, 2.45) is 5.92 Å². The second kappa shape index (κ2) is 9.43. The van der Waals surface area contributed by atoms with Gasteiger partial charge in [0.05, 0.1) is 6.54 Å². The zero-order valence-electron chi connectivity index (χ0n) is 12.9. The topological polar surface area (TPSA) is 61.4 Å². The summed E-state index contributed by atoms with van der Waals surface area (Å²) in [7, 11) is 1.69. The lowest BCUT2D eigenvalue weighted by Gasteiger charge is -2.24. The molecule has 1 heterocycles. The number of nitrogens with one attached hydrogen (secondary N) is 2. The number of anilines is 1. The van der Waals surface area contributed by atoms with Gasteiger partial charge in [0.25, 0.3) is 0 Å². The second-order valence-electron chi connectivity index (χ2n) is 5.56. The number of likely N-dealkylation sites (N-methyl/N-ethyl adjacent to an activating group) is 1. The predicted octanol–water partition coefficient (Wildman–Crippen LogP) is 1.90. The van der Waals surface area contributed by atoms with Gasteiger partial charge < -0.3 is 15.5 Å². The Bertz CT molecular complexity index is 476. The Morgan fingerprint density at radius 3 is 2.50 bits per heavy atom. The molecule has 0 bridgehead atoms. The van der Waals surface area contributed by atoms with E-state index in [1.165, 1.54) is 4.90 Å². The van der Waals surface area contributed by atoms with Crippen molar-refractivity contribution in [2.45, 2.75) is 19.3 Å². The molecule has 0 atom stereocenters. The first-order chi connectivity index (χ1) is 10.1. The standard InChI is InChI=1S/C16H23N3O2.ClH/c1-19(16(21)11-13-7-9-17-10-8-13)12-15(20)18-14-5-3-2-4-6-14;/h2-6,13,17H,7-12H2,1H3,(H,18,20);1H. The molecule has 1 aromatic carbocycles. The van der Waals surface area contributed by atoms with Crippen molar-refractivity contribution in [1.29, 1.82) is 0 Å². The van der Waals surface area contributed by atoms with Crippen molar-refractivity contribution in [1.82, 2.24) is 10.2 Å². The number of carbonyl (C=O) groups excluding carboxylic acids is 2. The van der Waals surface area contributed by atoms with Crippen molar-refractivity contribution in [3.8, 4) is 0 Å². The van der Waals surface area contributed by atoms with Crippen LogP contribution in [0.1, 0.15) is 19.3 Å². The molecule has 1 aromatic rings. The summed E-state index contributed by atoms with van der Waals surface area (Å²) < 4.78 is 0. The Balaban J connectivity index is 0.00000242. The van der Waals surface area contributed by atoms with Gasteiger partial charge >= 0.3 is 0 Å². The molecule has 1 aliphatic rings. The first-order valence-corrected chi connectivity index (χ1v) is 7.44. The molecule has 2 N–H and O–H groups in total. The van der Waals surface area contributed by atoms with Crippen LogP contribution in [-0.2, 0) is 9.59 Å².